The van der Waals surface area contributed by atoms with E-state index in [-0.39, 0.29) is 11.4 Å². The van der Waals surface area contributed by atoms with Crippen molar-refractivity contribution >= 4 is 15.9 Å². The van der Waals surface area contributed by atoms with Gasteiger partial charge in [0.1, 0.15) is 5.82 Å². The highest BCUT2D eigenvalue weighted by Gasteiger charge is 2.22. The zero-order chi connectivity index (χ0) is 14.8. The van der Waals surface area contributed by atoms with Gasteiger partial charge in [-0.3, -0.25) is 9.80 Å². The molecule has 5 heteroatoms. The summed E-state index contributed by atoms with van der Waals surface area (Å²) in [7, 11) is 0. The second-order valence-corrected chi connectivity index (χ2v) is 7.19. The molecular weight excluding hydrogens is 321 g/mol. The molecule has 0 bridgehead atoms. The third-order valence-corrected chi connectivity index (χ3v) is 3.99. The summed E-state index contributed by atoms with van der Waals surface area (Å²) >= 11 is 3.40. The van der Waals surface area contributed by atoms with Crippen molar-refractivity contribution in [1.82, 2.24) is 9.80 Å². The Balaban J connectivity index is 1.87. The first-order valence-electron chi connectivity index (χ1n) is 7.01. The van der Waals surface area contributed by atoms with Crippen LogP contribution in [-0.2, 0) is 6.54 Å². The zero-order valence-electron chi connectivity index (χ0n) is 12.2. The molecule has 1 aromatic rings. The molecule has 0 amide bonds. The molecule has 0 radical (unpaired) electrons. The second kappa shape index (κ2) is 6.52. The molecule has 1 aromatic carbocycles. The van der Waals surface area contributed by atoms with Crippen LogP contribution in [0.3, 0.4) is 0 Å². The first-order chi connectivity index (χ1) is 9.33. The van der Waals surface area contributed by atoms with E-state index in [0.29, 0.717) is 6.54 Å². The highest BCUT2D eigenvalue weighted by molar-refractivity contribution is 9.10. The maximum Gasteiger partial charge on any atom is 0.127 e. The number of rotatable bonds is 4. The second-order valence-electron chi connectivity index (χ2n) is 6.28. The van der Waals surface area contributed by atoms with Gasteiger partial charge in [-0.1, -0.05) is 15.9 Å². The summed E-state index contributed by atoms with van der Waals surface area (Å²) in [6.45, 7) is 9.60. The van der Waals surface area contributed by atoms with Crippen LogP contribution in [0.2, 0.25) is 0 Å². The number of hydrogen-bond acceptors (Lipinski definition) is 3. The number of hydrogen-bond donors (Lipinski definition) is 1. The maximum absolute atomic E-state index is 13.7. The molecule has 0 atom stereocenters. The smallest absolute Gasteiger partial charge is 0.127 e. The minimum atomic E-state index is -0.154. The largest absolute Gasteiger partial charge is 0.324 e. The van der Waals surface area contributed by atoms with Gasteiger partial charge in [0, 0.05) is 54.8 Å². The average molecular weight is 344 g/mol. The van der Waals surface area contributed by atoms with Gasteiger partial charge in [-0.25, -0.2) is 4.39 Å². The van der Waals surface area contributed by atoms with Crippen molar-refractivity contribution in [2.45, 2.75) is 25.9 Å². The molecule has 0 spiro atoms. The van der Waals surface area contributed by atoms with Gasteiger partial charge in [0.2, 0.25) is 0 Å². The molecule has 20 heavy (non-hydrogen) atoms. The molecule has 2 N–H and O–H groups in total. The predicted molar refractivity (Wildman–Crippen MR) is 84.1 cm³/mol. The Hall–Kier alpha value is -0.490. The van der Waals surface area contributed by atoms with Crippen LogP contribution in [0.5, 0.6) is 0 Å². The average Bonchev–Trinajstić information content (AvgIpc) is 2.34. The van der Waals surface area contributed by atoms with Crippen molar-refractivity contribution in [1.29, 1.82) is 0 Å². The van der Waals surface area contributed by atoms with E-state index in [0.717, 1.165) is 42.8 Å². The molecule has 112 valence electrons. The third-order valence-electron chi connectivity index (χ3n) is 3.50. The summed E-state index contributed by atoms with van der Waals surface area (Å²) in [6, 6.07) is 5.12. The monoisotopic (exact) mass is 343 g/mol. The molecule has 1 fully saturated rings. The van der Waals surface area contributed by atoms with E-state index in [1.807, 2.05) is 6.07 Å². The fraction of sp³-hybridized carbons (Fsp3) is 0.600. The van der Waals surface area contributed by atoms with E-state index in [4.69, 9.17) is 5.73 Å². The van der Waals surface area contributed by atoms with Crippen LogP contribution in [0.25, 0.3) is 0 Å². The highest BCUT2D eigenvalue weighted by atomic mass is 79.9. The van der Waals surface area contributed by atoms with E-state index in [9.17, 15) is 4.39 Å². The van der Waals surface area contributed by atoms with E-state index in [2.05, 4.69) is 39.6 Å². The van der Waals surface area contributed by atoms with Crippen molar-refractivity contribution in [3.8, 4) is 0 Å². The van der Waals surface area contributed by atoms with Gasteiger partial charge in [0.15, 0.2) is 0 Å². The Morgan fingerprint density at radius 1 is 1.20 bits per heavy atom. The Labute approximate surface area is 129 Å². The van der Waals surface area contributed by atoms with Gasteiger partial charge in [-0.15, -0.1) is 0 Å². The van der Waals surface area contributed by atoms with Crippen LogP contribution < -0.4 is 5.73 Å². The fourth-order valence-corrected chi connectivity index (χ4v) is 3.00. The number of halogens is 2. The third kappa shape index (κ3) is 4.81. The van der Waals surface area contributed by atoms with Gasteiger partial charge in [-0.2, -0.15) is 0 Å². The Bertz CT molecular complexity index is 451. The van der Waals surface area contributed by atoms with Crippen LogP contribution in [0.4, 0.5) is 4.39 Å². The zero-order valence-corrected chi connectivity index (χ0v) is 13.8. The predicted octanol–water partition coefficient (Wildman–Crippen LogP) is 2.44. The maximum atomic E-state index is 13.7. The molecule has 1 saturated heterocycles. The number of nitrogens with zero attached hydrogens (tertiary/aromatic N) is 2. The Morgan fingerprint density at radius 2 is 1.80 bits per heavy atom. The van der Waals surface area contributed by atoms with Crippen LogP contribution in [0.1, 0.15) is 19.4 Å². The van der Waals surface area contributed by atoms with Gasteiger partial charge >= 0.3 is 0 Å². The lowest BCUT2D eigenvalue weighted by atomic mass is 10.1. The lowest BCUT2D eigenvalue weighted by Gasteiger charge is -2.37. The summed E-state index contributed by atoms with van der Waals surface area (Å²) in [5, 5.41) is 0. The summed E-state index contributed by atoms with van der Waals surface area (Å²) in [6.07, 6.45) is 0. The van der Waals surface area contributed by atoms with Crippen molar-refractivity contribution in [2.75, 3.05) is 32.7 Å². The standard InChI is InChI=1S/C15H23BrFN3/c1-15(2,18)11-20-7-5-19(6-8-20)10-12-9-13(16)3-4-14(12)17/h3-4,9H,5-8,10-11,18H2,1-2H3. The summed E-state index contributed by atoms with van der Waals surface area (Å²) in [5.41, 5.74) is 6.65. The number of benzene rings is 1. The fourth-order valence-electron chi connectivity index (χ4n) is 2.59. The lowest BCUT2D eigenvalue weighted by molar-refractivity contribution is 0.111. The van der Waals surface area contributed by atoms with E-state index in [1.54, 1.807) is 6.07 Å². The van der Waals surface area contributed by atoms with Crippen molar-refractivity contribution in [3.63, 3.8) is 0 Å². The van der Waals surface area contributed by atoms with E-state index >= 15 is 0 Å². The first-order valence-corrected chi connectivity index (χ1v) is 7.80. The van der Waals surface area contributed by atoms with Crippen molar-refractivity contribution < 1.29 is 4.39 Å². The normalized spacial score (nSPS) is 18.4. The summed E-state index contributed by atoms with van der Waals surface area (Å²) in [4.78, 5) is 4.68. The van der Waals surface area contributed by atoms with Crippen LogP contribution in [0, 0.1) is 5.82 Å². The molecule has 0 saturated carbocycles. The van der Waals surface area contributed by atoms with E-state index in [1.165, 1.54) is 6.07 Å². The lowest BCUT2D eigenvalue weighted by Crippen LogP contribution is -2.52. The first kappa shape index (κ1) is 15.9. The van der Waals surface area contributed by atoms with Crippen molar-refractivity contribution in [3.05, 3.63) is 34.1 Å². The molecule has 1 aliphatic rings. The Morgan fingerprint density at radius 3 is 2.40 bits per heavy atom. The van der Waals surface area contributed by atoms with Crippen LogP contribution in [-0.4, -0.2) is 48.1 Å². The van der Waals surface area contributed by atoms with Gasteiger partial charge < -0.3 is 5.73 Å². The minimum absolute atomic E-state index is 0.126. The Kier molecular flexibility index (Phi) is 5.18. The van der Waals surface area contributed by atoms with Gasteiger partial charge in [0.05, 0.1) is 0 Å². The quantitative estimate of drug-likeness (QED) is 0.911. The molecule has 2 rings (SSSR count). The number of piperazine rings is 1. The summed E-state index contributed by atoms with van der Waals surface area (Å²) < 4.78 is 14.7. The molecule has 0 aliphatic carbocycles. The highest BCUT2D eigenvalue weighted by Crippen LogP contribution is 2.18. The molecule has 3 nitrogen and oxygen atoms in total. The van der Waals surface area contributed by atoms with Crippen molar-refractivity contribution in [2.24, 2.45) is 5.73 Å². The van der Waals surface area contributed by atoms with E-state index < -0.39 is 0 Å². The topological polar surface area (TPSA) is 32.5 Å². The molecule has 1 heterocycles. The number of nitrogens with two attached hydrogens (primary N) is 1. The molecule has 0 unspecified atom stereocenters. The molecular formula is C15H23BrFN3. The molecule has 0 aromatic heterocycles. The van der Waals surface area contributed by atoms with Crippen LogP contribution >= 0.6 is 15.9 Å². The van der Waals surface area contributed by atoms with Gasteiger partial charge in [0.25, 0.3) is 0 Å². The minimum Gasteiger partial charge on any atom is -0.324 e. The summed E-state index contributed by atoms with van der Waals surface area (Å²) in [5.74, 6) is -0.126. The van der Waals surface area contributed by atoms with Crippen LogP contribution in [0.15, 0.2) is 22.7 Å². The van der Waals surface area contributed by atoms with Gasteiger partial charge in [-0.05, 0) is 32.0 Å². The SMILES string of the molecule is CC(C)(N)CN1CCN(Cc2cc(Br)ccc2F)CC1. The molecule has 1 aliphatic heterocycles.